The van der Waals surface area contributed by atoms with E-state index in [-0.39, 0.29) is 17.9 Å². The summed E-state index contributed by atoms with van der Waals surface area (Å²) in [5.74, 6) is 0.876. The third-order valence-corrected chi connectivity index (χ3v) is 4.15. The van der Waals surface area contributed by atoms with Crippen molar-refractivity contribution in [3.8, 4) is 11.4 Å². The lowest BCUT2D eigenvalue weighted by molar-refractivity contribution is 0.0925. The highest BCUT2D eigenvalue weighted by atomic mass is 16.5. The first-order chi connectivity index (χ1) is 12.6. The summed E-state index contributed by atoms with van der Waals surface area (Å²) in [5.41, 5.74) is 2.32. The fraction of sp³-hybridized carbons (Fsp3) is 0.263. The van der Waals surface area contributed by atoms with Gasteiger partial charge in [-0.1, -0.05) is 32.0 Å². The molecule has 1 amide bonds. The highest BCUT2D eigenvalue weighted by Gasteiger charge is 2.19. The van der Waals surface area contributed by atoms with E-state index in [1.54, 1.807) is 19.2 Å². The number of hydrogen-bond acceptors (Lipinski definition) is 5. The second-order valence-corrected chi connectivity index (χ2v) is 6.27. The molecule has 1 aromatic heterocycles. The van der Waals surface area contributed by atoms with Crippen LogP contribution in [-0.2, 0) is 0 Å². The van der Waals surface area contributed by atoms with Crippen molar-refractivity contribution in [3.05, 3.63) is 66.0 Å². The maximum absolute atomic E-state index is 12.8. The van der Waals surface area contributed by atoms with Gasteiger partial charge in [0.25, 0.3) is 5.91 Å². The molecule has 0 bridgehead atoms. The molecule has 2 aromatic carbocycles. The van der Waals surface area contributed by atoms with Gasteiger partial charge in [-0.3, -0.25) is 4.79 Å². The highest BCUT2D eigenvalue weighted by molar-refractivity contribution is 5.95. The molecule has 1 heterocycles. The van der Waals surface area contributed by atoms with E-state index in [2.05, 4.69) is 34.7 Å². The predicted molar refractivity (Wildman–Crippen MR) is 97.2 cm³/mol. The van der Waals surface area contributed by atoms with Crippen LogP contribution in [0.4, 0.5) is 0 Å². The smallest absolute Gasteiger partial charge is 0.251 e. The maximum Gasteiger partial charge on any atom is 0.251 e. The number of benzene rings is 2. The van der Waals surface area contributed by atoms with Gasteiger partial charge in [0, 0.05) is 5.56 Å². The topological polar surface area (TPSA) is 81.9 Å². The lowest BCUT2D eigenvalue weighted by Crippen LogP contribution is -2.31. The summed E-state index contributed by atoms with van der Waals surface area (Å²) < 4.78 is 6.72. The fourth-order valence-corrected chi connectivity index (χ4v) is 2.74. The molecule has 0 aliphatic heterocycles. The van der Waals surface area contributed by atoms with E-state index in [0.717, 1.165) is 17.0 Å². The number of tetrazole rings is 1. The summed E-state index contributed by atoms with van der Waals surface area (Å²) in [4.78, 5) is 12.8. The first-order valence-electron chi connectivity index (χ1n) is 8.36. The molecule has 0 unspecified atom stereocenters. The van der Waals surface area contributed by atoms with Gasteiger partial charge in [-0.15, -0.1) is 5.10 Å². The van der Waals surface area contributed by atoms with Crippen LogP contribution in [0.1, 0.15) is 35.8 Å². The largest absolute Gasteiger partial charge is 0.497 e. The Bertz CT molecular complexity index is 860. The van der Waals surface area contributed by atoms with Crippen molar-refractivity contribution in [3.63, 3.8) is 0 Å². The zero-order valence-electron chi connectivity index (χ0n) is 15.0. The van der Waals surface area contributed by atoms with Crippen LogP contribution in [0, 0.1) is 5.92 Å². The minimum Gasteiger partial charge on any atom is -0.497 e. The number of nitrogens with one attached hydrogen (secondary N) is 1. The third-order valence-electron chi connectivity index (χ3n) is 4.15. The summed E-state index contributed by atoms with van der Waals surface area (Å²) >= 11 is 0. The molecule has 7 nitrogen and oxygen atoms in total. The van der Waals surface area contributed by atoms with E-state index in [9.17, 15) is 4.79 Å². The zero-order valence-corrected chi connectivity index (χ0v) is 15.0. The Morgan fingerprint density at radius 2 is 1.92 bits per heavy atom. The van der Waals surface area contributed by atoms with Crippen LogP contribution in [0.25, 0.3) is 5.69 Å². The molecule has 1 atom stereocenters. The predicted octanol–water partition coefficient (Wildman–Crippen LogP) is 2.80. The molecular weight excluding hydrogens is 330 g/mol. The molecule has 0 saturated heterocycles. The average Bonchev–Trinajstić information content (AvgIpc) is 3.21. The lowest BCUT2D eigenvalue weighted by Gasteiger charge is -2.23. The molecule has 3 rings (SSSR count). The van der Waals surface area contributed by atoms with Crippen molar-refractivity contribution in [2.24, 2.45) is 5.92 Å². The van der Waals surface area contributed by atoms with Crippen molar-refractivity contribution >= 4 is 5.91 Å². The number of methoxy groups -OCH3 is 1. The molecule has 0 fully saturated rings. The minimum absolute atomic E-state index is 0.106. The Labute approximate surface area is 152 Å². The van der Waals surface area contributed by atoms with Crippen molar-refractivity contribution in [2.75, 3.05) is 7.11 Å². The second-order valence-electron chi connectivity index (χ2n) is 6.27. The Hall–Kier alpha value is -3.22. The van der Waals surface area contributed by atoms with E-state index in [4.69, 9.17) is 4.74 Å². The van der Waals surface area contributed by atoms with E-state index in [1.165, 1.54) is 11.0 Å². The Kier molecular flexibility index (Phi) is 5.26. The number of carbonyl (C=O) groups is 1. The average molecular weight is 351 g/mol. The van der Waals surface area contributed by atoms with Crippen LogP contribution in [0.2, 0.25) is 0 Å². The van der Waals surface area contributed by atoms with Gasteiger partial charge >= 0.3 is 0 Å². The first-order valence-corrected chi connectivity index (χ1v) is 8.36. The van der Waals surface area contributed by atoms with E-state index < -0.39 is 0 Å². The van der Waals surface area contributed by atoms with Crippen molar-refractivity contribution in [1.82, 2.24) is 25.5 Å². The van der Waals surface area contributed by atoms with Crippen molar-refractivity contribution in [1.29, 1.82) is 0 Å². The van der Waals surface area contributed by atoms with Gasteiger partial charge in [0.05, 0.1) is 18.8 Å². The molecule has 0 aliphatic rings. The highest BCUT2D eigenvalue weighted by Crippen LogP contribution is 2.24. The molecule has 0 saturated carbocycles. The number of rotatable bonds is 6. The summed E-state index contributed by atoms with van der Waals surface area (Å²) in [6, 6.07) is 14.8. The maximum atomic E-state index is 12.8. The summed E-state index contributed by atoms with van der Waals surface area (Å²) in [5, 5.41) is 14.2. The van der Waals surface area contributed by atoms with Gasteiger partial charge in [-0.2, -0.15) is 0 Å². The van der Waals surface area contributed by atoms with Gasteiger partial charge in [-0.25, -0.2) is 4.68 Å². The molecular formula is C19H21N5O2. The lowest BCUT2D eigenvalue weighted by atomic mass is 9.95. The summed E-state index contributed by atoms with van der Waals surface area (Å²) in [6.45, 7) is 4.15. The van der Waals surface area contributed by atoms with Crippen LogP contribution in [0.15, 0.2) is 54.9 Å². The number of hydrogen-bond donors (Lipinski definition) is 1. The molecule has 3 aromatic rings. The number of carbonyl (C=O) groups excluding carboxylic acids is 1. The standard InChI is InChI=1S/C19H21N5O2/c1-13(2)18(14-7-9-17(26-3)10-8-14)21-19(25)15-5-4-6-16(11-15)24-12-20-22-23-24/h4-13,18H,1-3H3,(H,21,25)/t18-/m1/s1. The molecule has 0 aliphatic carbocycles. The molecule has 134 valence electrons. The van der Waals surface area contributed by atoms with Crippen LogP contribution in [-0.4, -0.2) is 33.2 Å². The van der Waals surface area contributed by atoms with Crippen molar-refractivity contribution in [2.45, 2.75) is 19.9 Å². The Morgan fingerprint density at radius 1 is 1.15 bits per heavy atom. The summed E-state index contributed by atoms with van der Waals surface area (Å²) in [6.07, 6.45) is 1.49. The first kappa shape index (κ1) is 17.6. The molecule has 1 N–H and O–H groups in total. The Morgan fingerprint density at radius 3 is 2.54 bits per heavy atom. The zero-order chi connectivity index (χ0) is 18.5. The van der Waals surface area contributed by atoms with Crippen molar-refractivity contribution < 1.29 is 9.53 Å². The molecule has 0 spiro atoms. The fourth-order valence-electron chi connectivity index (χ4n) is 2.74. The van der Waals surface area contributed by atoms with Gasteiger partial charge in [0.2, 0.25) is 0 Å². The van der Waals surface area contributed by atoms with Gasteiger partial charge < -0.3 is 10.1 Å². The van der Waals surface area contributed by atoms with Crippen LogP contribution in [0.5, 0.6) is 5.75 Å². The van der Waals surface area contributed by atoms with E-state index >= 15 is 0 Å². The van der Waals surface area contributed by atoms with Crippen LogP contribution >= 0.6 is 0 Å². The number of amides is 1. The number of aromatic nitrogens is 4. The van der Waals surface area contributed by atoms with Crippen LogP contribution in [0.3, 0.4) is 0 Å². The van der Waals surface area contributed by atoms with E-state index in [1.807, 2.05) is 36.4 Å². The molecule has 7 heteroatoms. The monoisotopic (exact) mass is 351 g/mol. The van der Waals surface area contributed by atoms with Gasteiger partial charge in [0.1, 0.15) is 12.1 Å². The normalized spacial score (nSPS) is 12.0. The minimum atomic E-state index is -0.144. The quantitative estimate of drug-likeness (QED) is 0.738. The van der Waals surface area contributed by atoms with Gasteiger partial charge in [-0.05, 0) is 52.2 Å². The SMILES string of the molecule is COc1ccc([C@H](NC(=O)c2cccc(-n3cnnn3)c2)C(C)C)cc1. The molecule has 0 radical (unpaired) electrons. The Balaban J connectivity index is 1.81. The van der Waals surface area contributed by atoms with Gasteiger partial charge in [0.15, 0.2) is 0 Å². The third kappa shape index (κ3) is 3.88. The van der Waals surface area contributed by atoms with E-state index in [0.29, 0.717) is 5.56 Å². The number of ether oxygens (including phenoxy) is 1. The van der Waals surface area contributed by atoms with Crippen LogP contribution < -0.4 is 10.1 Å². The summed E-state index contributed by atoms with van der Waals surface area (Å²) in [7, 11) is 1.63. The second kappa shape index (κ2) is 7.77. The molecule has 26 heavy (non-hydrogen) atoms. The number of nitrogens with zero attached hydrogens (tertiary/aromatic N) is 4.